The van der Waals surface area contributed by atoms with Gasteiger partial charge in [0.05, 0.1) is 21.2 Å². The van der Waals surface area contributed by atoms with Crippen molar-refractivity contribution in [1.29, 1.82) is 0 Å². The molecule has 0 N–H and O–H groups in total. The molecule has 0 unspecified atom stereocenters. The fourth-order valence-corrected chi connectivity index (χ4v) is 4.18. The first kappa shape index (κ1) is 24.7. The lowest BCUT2D eigenvalue weighted by atomic mass is 10.0. The molecule has 4 aromatic rings. The zero-order valence-electron chi connectivity index (χ0n) is 20.2. The van der Waals surface area contributed by atoms with Crippen molar-refractivity contribution in [2.45, 2.75) is 39.5 Å². The van der Waals surface area contributed by atoms with E-state index in [0.717, 1.165) is 70.7 Å². The van der Waals surface area contributed by atoms with Gasteiger partial charge in [-0.15, -0.1) is 0 Å². The van der Waals surface area contributed by atoms with E-state index >= 15 is 0 Å². The number of pyridine rings is 2. The van der Waals surface area contributed by atoms with Crippen LogP contribution in [0, 0.1) is 34.1 Å². The summed E-state index contributed by atoms with van der Waals surface area (Å²) < 4.78 is 0. The highest BCUT2D eigenvalue weighted by molar-refractivity contribution is 5.57. The number of nitro groups is 2. The number of nitro benzene ring substituents is 2. The molecule has 0 amide bonds. The summed E-state index contributed by atoms with van der Waals surface area (Å²) in [5.74, 6) is 0. The second kappa shape index (κ2) is 10.9. The van der Waals surface area contributed by atoms with Crippen LogP contribution < -0.4 is 0 Å². The first-order valence-electron chi connectivity index (χ1n) is 11.7. The van der Waals surface area contributed by atoms with E-state index in [2.05, 4.69) is 24.3 Å². The Kier molecular flexibility index (Phi) is 7.44. The number of nitrogens with zero attached hydrogens (tertiary/aromatic N) is 4. The Morgan fingerprint density at radius 2 is 0.889 bits per heavy atom. The van der Waals surface area contributed by atoms with Crippen LogP contribution in [0.3, 0.4) is 0 Å². The smallest absolute Gasteiger partial charge is 0.258 e. The molecule has 0 aliphatic heterocycles. The molecule has 2 heterocycles. The van der Waals surface area contributed by atoms with Crippen LogP contribution in [-0.2, 0) is 25.7 Å². The molecule has 8 nitrogen and oxygen atoms in total. The highest BCUT2D eigenvalue weighted by Gasteiger charge is 2.10. The van der Waals surface area contributed by atoms with Crippen molar-refractivity contribution in [3.05, 3.63) is 127 Å². The summed E-state index contributed by atoms with van der Waals surface area (Å²) >= 11 is 0. The van der Waals surface area contributed by atoms with E-state index in [1.807, 2.05) is 13.8 Å². The molecule has 36 heavy (non-hydrogen) atoms. The minimum Gasteiger partial charge on any atom is -0.258 e. The molecule has 0 saturated heterocycles. The summed E-state index contributed by atoms with van der Waals surface area (Å²) in [6.45, 7) is 3.92. The fourth-order valence-electron chi connectivity index (χ4n) is 4.18. The molecule has 0 atom stereocenters. The summed E-state index contributed by atoms with van der Waals surface area (Å²) in [7, 11) is 0. The Bertz CT molecular complexity index is 1290. The third-order valence-electron chi connectivity index (χ3n) is 5.99. The van der Waals surface area contributed by atoms with Crippen molar-refractivity contribution in [2.75, 3.05) is 0 Å². The molecule has 4 rings (SSSR count). The van der Waals surface area contributed by atoms with Crippen LogP contribution in [0.2, 0.25) is 0 Å². The fraction of sp³-hybridized carbons (Fsp3) is 0.214. The maximum absolute atomic E-state index is 10.9. The van der Waals surface area contributed by atoms with Gasteiger partial charge in [-0.3, -0.25) is 30.2 Å². The van der Waals surface area contributed by atoms with Crippen LogP contribution in [0.5, 0.6) is 0 Å². The number of aryl methyl sites for hydroxylation is 6. The van der Waals surface area contributed by atoms with Crippen molar-refractivity contribution in [1.82, 2.24) is 9.97 Å². The van der Waals surface area contributed by atoms with E-state index < -0.39 is 9.85 Å². The number of non-ortho nitro benzene ring substituents is 2. The molecule has 182 valence electrons. The zero-order chi connectivity index (χ0) is 25.7. The molecule has 0 spiro atoms. The number of hydrogen-bond donors (Lipinski definition) is 0. The molecule has 0 saturated carbocycles. The number of aromatic nitrogens is 2. The van der Waals surface area contributed by atoms with Gasteiger partial charge in [0.25, 0.3) is 11.4 Å². The lowest BCUT2D eigenvalue weighted by molar-refractivity contribution is -0.385. The highest BCUT2D eigenvalue weighted by Crippen LogP contribution is 2.22. The minimum absolute atomic E-state index is 0.0932. The van der Waals surface area contributed by atoms with Crippen molar-refractivity contribution < 1.29 is 9.85 Å². The average Bonchev–Trinajstić information content (AvgIpc) is 2.86. The van der Waals surface area contributed by atoms with Gasteiger partial charge < -0.3 is 0 Å². The molecule has 0 radical (unpaired) electrons. The quantitative estimate of drug-likeness (QED) is 0.209. The molecule has 0 aliphatic rings. The summed E-state index contributed by atoms with van der Waals surface area (Å²) in [6, 6.07) is 21.6. The van der Waals surface area contributed by atoms with Crippen LogP contribution >= 0.6 is 0 Å². The normalized spacial score (nSPS) is 10.8. The predicted molar refractivity (Wildman–Crippen MR) is 138 cm³/mol. The van der Waals surface area contributed by atoms with Crippen molar-refractivity contribution in [3.63, 3.8) is 0 Å². The first-order valence-corrected chi connectivity index (χ1v) is 11.7. The third-order valence-corrected chi connectivity index (χ3v) is 5.99. The van der Waals surface area contributed by atoms with Crippen LogP contribution in [0.25, 0.3) is 11.4 Å². The van der Waals surface area contributed by atoms with E-state index in [1.54, 1.807) is 24.3 Å². The monoisotopic (exact) mass is 482 g/mol. The summed E-state index contributed by atoms with van der Waals surface area (Å²) in [5, 5.41) is 21.7. The summed E-state index contributed by atoms with van der Waals surface area (Å²) in [5.41, 5.74) is 7.97. The molecular formula is C28H26N4O4. The van der Waals surface area contributed by atoms with Crippen molar-refractivity contribution in [3.8, 4) is 11.4 Å². The Morgan fingerprint density at radius 3 is 1.22 bits per heavy atom. The zero-order valence-corrected chi connectivity index (χ0v) is 20.2. The largest absolute Gasteiger partial charge is 0.269 e. The second-order valence-corrected chi connectivity index (χ2v) is 8.85. The number of rotatable bonds is 9. The van der Waals surface area contributed by atoms with Gasteiger partial charge >= 0.3 is 0 Å². The second-order valence-electron chi connectivity index (χ2n) is 8.85. The SMILES string of the molecule is Cc1cc(CCc2ccc([N+](=O)[O-])cc2)cc(-c2cc(CCc3ccc([N+](=O)[O-])cc3)cc(C)n2)n1. The molecule has 0 fully saturated rings. The van der Waals surface area contributed by atoms with Gasteiger partial charge in [-0.25, -0.2) is 0 Å². The van der Waals surface area contributed by atoms with Gasteiger partial charge in [0, 0.05) is 35.7 Å². The third kappa shape index (κ3) is 6.35. The van der Waals surface area contributed by atoms with Gasteiger partial charge in [-0.2, -0.15) is 0 Å². The van der Waals surface area contributed by atoms with Crippen molar-refractivity contribution >= 4 is 11.4 Å². The van der Waals surface area contributed by atoms with Gasteiger partial charge in [-0.05, 0) is 86.1 Å². The Balaban J connectivity index is 1.48. The molecule has 0 aliphatic carbocycles. The molecule has 2 aromatic heterocycles. The van der Waals surface area contributed by atoms with Crippen LogP contribution in [-0.4, -0.2) is 19.8 Å². The van der Waals surface area contributed by atoms with E-state index in [0.29, 0.717) is 0 Å². The minimum atomic E-state index is -0.392. The predicted octanol–water partition coefficient (Wildman–Crippen LogP) is 6.15. The lowest BCUT2D eigenvalue weighted by Crippen LogP contribution is -1.99. The standard InChI is InChI=1S/C28H26N4O4/c1-19-15-23(5-3-21-7-11-25(12-8-21)31(33)34)17-27(29-19)28-18-24(16-20(2)30-28)6-4-22-9-13-26(14-10-22)32(35)36/h7-18H,3-6H2,1-2H3. The van der Waals surface area contributed by atoms with Crippen LogP contribution in [0.4, 0.5) is 11.4 Å². The average molecular weight is 483 g/mol. The van der Waals surface area contributed by atoms with Crippen LogP contribution in [0.15, 0.2) is 72.8 Å². The van der Waals surface area contributed by atoms with E-state index in [1.165, 1.54) is 24.3 Å². The van der Waals surface area contributed by atoms with E-state index in [-0.39, 0.29) is 11.4 Å². The summed E-state index contributed by atoms with van der Waals surface area (Å²) in [6.07, 6.45) is 3.10. The first-order chi connectivity index (χ1) is 17.3. The lowest BCUT2D eigenvalue weighted by Gasteiger charge is -2.10. The Hall–Kier alpha value is -4.46. The Morgan fingerprint density at radius 1 is 0.556 bits per heavy atom. The topological polar surface area (TPSA) is 112 Å². The molecule has 2 aromatic carbocycles. The van der Waals surface area contributed by atoms with E-state index in [9.17, 15) is 20.2 Å². The number of hydrogen-bond acceptors (Lipinski definition) is 6. The van der Waals surface area contributed by atoms with E-state index in [4.69, 9.17) is 9.97 Å². The molecule has 0 bridgehead atoms. The van der Waals surface area contributed by atoms with Gasteiger partial charge in [0.15, 0.2) is 0 Å². The maximum Gasteiger partial charge on any atom is 0.269 e. The number of benzene rings is 2. The van der Waals surface area contributed by atoms with Crippen LogP contribution in [0.1, 0.15) is 33.6 Å². The maximum atomic E-state index is 10.9. The highest BCUT2D eigenvalue weighted by atomic mass is 16.6. The molecule has 8 heteroatoms. The Labute approximate surface area is 209 Å². The summed E-state index contributed by atoms with van der Waals surface area (Å²) in [4.78, 5) is 30.4. The van der Waals surface area contributed by atoms with Gasteiger partial charge in [0.1, 0.15) is 0 Å². The molecular weight excluding hydrogens is 456 g/mol. The van der Waals surface area contributed by atoms with Gasteiger partial charge in [0.2, 0.25) is 0 Å². The van der Waals surface area contributed by atoms with Gasteiger partial charge in [-0.1, -0.05) is 24.3 Å². The van der Waals surface area contributed by atoms with Crippen molar-refractivity contribution in [2.24, 2.45) is 0 Å².